The lowest BCUT2D eigenvalue weighted by atomic mass is 9.87. The van der Waals surface area contributed by atoms with Crippen molar-refractivity contribution in [2.75, 3.05) is 0 Å². The van der Waals surface area contributed by atoms with E-state index in [0.29, 0.717) is 5.56 Å². The Kier molecular flexibility index (Phi) is 5.47. The fraction of sp³-hybridized carbons (Fsp3) is 0.278. The van der Waals surface area contributed by atoms with Gasteiger partial charge in [0.2, 0.25) is 0 Å². The monoisotopic (exact) mass is 427 g/mol. The largest absolute Gasteiger partial charge is 0.416 e. The van der Waals surface area contributed by atoms with E-state index < -0.39 is 25.7 Å². The maximum Gasteiger partial charge on any atom is 0.416 e. The van der Waals surface area contributed by atoms with E-state index in [-0.39, 0.29) is 5.56 Å². The van der Waals surface area contributed by atoms with Crippen LogP contribution in [0.4, 0.5) is 13.2 Å². The number of nitriles is 1. The van der Waals surface area contributed by atoms with Crippen LogP contribution in [-0.4, -0.2) is 8.32 Å². The SMILES string of the molecule is C[Si](C)(C)OC(C#N)(c1ccc(Br)cc1)c1cccc(C(F)(F)F)c1. The zero-order valence-corrected chi connectivity index (χ0v) is 16.6. The Bertz CT molecular complexity index is 794. The van der Waals surface area contributed by atoms with Gasteiger partial charge in [-0.2, -0.15) is 18.4 Å². The molecule has 0 aliphatic carbocycles. The third-order valence-corrected chi connectivity index (χ3v) is 4.91. The Morgan fingerprint density at radius 1 is 0.960 bits per heavy atom. The maximum absolute atomic E-state index is 13.1. The summed E-state index contributed by atoms with van der Waals surface area (Å²) in [6.07, 6.45) is -4.49. The van der Waals surface area contributed by atoms with Crippen LogP contribution >= 0.6 is 15.9 Å². The van der Waals surface area contributed by atoms with Crippen molar-refractivity contribution in [3.63, 3.8) is 0 Å². The van der Waals surface area contributed by atoms with Gasteiger partial charge in [0.25, 0.3) is 0 Å². The molecule has 0 amide bonds. The van der Waals surface area contributed by atoms with Crippen LogP contribution in [0.2, 0.25) is 19.6 Å². The topological polar surface area (TPSA) is 33.0 Å². The number of alkyl halides is 3. The van der Waals surface area contributed by atoms with Crippen LogP contribution in [0, 0.1) is 11.3 Å². The summed E-state index contributed by atoms with van der Waals surface area (Å²) in [4.78, 5) is 0. The van der Waals surface area contributed by atoms with E-state index >= 15 is 0 Å². The van der Waals surface area contributed by atoms with Crippen molar-refractivity contribution >= 4 is 24.2 Å². The lowest BCUT2D eigenvalue weighted by Gasteiger charge is -2.35. The number of rotatable bonds is 4. The lowest BCUT2D eigenvalue weighted by molar-refractivity contribution is -0.137. The van der Waals surface area contributed by atoms with Crippen molar-refractivity contribution < 1.29 is 17.6 Å². The number of hydrogen-bond donors (Lipinski definition) is 0. The van der Waals surface area contributed by atoms with E-state index in [2.05, 4.69) is 22.0 Å². The molecule has 0 bridgehead atoms. The molecule has 25 heavy (non-hydrogen) atoms. The molecule has 2 aromatic carbocycles. The molecule has 0 spiro atoms. The molecule has 132 valence electrons. The fourth-order valence-electron chi connectivity index (χ4n) is 2.49. The van der Waals surface area contributed by atoms with Crippen molar-refractivity contribution in [3.05, 3.63) is 69.7 Å². The van der Waals surface area contributed by atoms with Gasteiger partial charge in [0.1, 0.15) is 6.07 Å². The van der Waals surface area contributed by atoms with Gasteiger partial charge in [-0.05, 0) is 43.9 Å². The fourth-order valence-corrected chi connectivity index (χ4v) is 3.96. The molecule has 0 radical (unpaired) electrons. The van der Waals surface area contributed by atoms with Crippen LogP contribution in [0.15, 0.2) is 53.0 Å². The minimum Gasteiger partial charge on any atom is -0.393 e. The first-order valence-corrected chi connectivity index (χ1v) is 11.7. The molecule has 2 aromatic rings. The van der Waals surface area contributed by atoms with Crippen LogP contribution in [0.1, 0.15) is 16.7 Å². The average molecular weight is 428 g/mol. The molecule has 0 aromatic heterocycles. The van der Waals surface area contributed by atoms with E-state index in [1.54, 1.807) is 24.3 Å². The van der Waals surface area contributed by atoms with Crippen molar-refractivity contribution in [1.29, 1.82) is 5.26 Å². The van der Waals surface area contributed by atoms with Crippen molar-refractivity contribution in [1.82, 2.24) is 0 Å². The molecule has 0 aliphatic rings. The predicted molar refractivity (Wildman–Crippen MR) is 96.4 cm³/mol. The van der Waals surface area contributed by atoms with Crippen LogP contribution < -0.4 is 0 Å². The zero-order chi connectivity index (χ0) is 18.9. The molecule has 0 saturated heterocycles. The van der Waals surface area contributed by atoms with Crippen molar-refractivity contribution in [3.8, 4) is 6.07 Å². The highest BCUT2D eigenvalue weighted by Crippen LogP contribution is 2.39. The molecule has 2 rings (SSSR count). The van der Waals surface area contributed by atoms with Crippen LogP contribution in [0.5, 0.6) is 0 Å². The first-order valence-electron chi connectivity index (χ1n) is 7.53. The molecule has 0 N–H and O–H groups in total. The Morgan fingerprint density at radius 3 is 2.00 bits per heavy atom. The zero-order valence-electron chi connectivity index (χ0n) is 14.0. The summed E-state index contributed by atoms with van der Waals surface area (Å²) in [5.41, 5.74) is -1.72. The molecule has 7 heteroatoms. The molecular formula is C18H17BrF3NOSi. The quantitative estimate of drug-likeness (QED) is 0.553. The second-order valence-electron chi connectivity index (χ2n) is 6.59. The molecule has 1 atom stereocenters. The van der Waals surface area contributed by atoms with E-state index in [1.807, 2.05) is 19.6 Å². The maximum atomic E-state index is 13.1. The number of benzene rings is 2. The molecule has 0 saturated carbocycles. The highest BCUT2D eigenvalue weighted by Gasteiger charge is 2.41. The lowest BCUT2D eigenvalue weighted by Crippen LogP contribution is -2.40. The van der Waals surface area contributed by atoms with Gasteiger partial charge >= 0.3 is 6.18 Å². The smallest absolute Gasteiger partial charge is 0.393 e. The second-order valence-corrected chi connectivity index (χ2v) is 11.9. The summed E-state index contributed by atoms with van der Waals surface area (Å²) >= 11 is 3.33. The van der Waals surface area contributed by atoms with Gasteiger partial charge in [-0.3, -0.25) is 0 Å². The molecule has 2 nitrogen and oxygen atoms in total. The van der Waals surface area contributed by atoms with E-state index in [0.717, 1.165) is 16.6 Å². The standard InChI is InChI=1S/C18H17BrF3NOSi/c1-25(2,3)24-17(12-23,13-7-9-16(19)10-8-13)14-5-4-6-15(11-14)18(20,21)22/h4-11H,1-3H3. The molecular weight excluding hydrogens is 411 g/mol. The Labute approximate surface area is 154 Å². The van der Waals surface area contributed by atoms with Crippen LogP contribution in [0.25, 0.3) is 0 Å². The molecule has 0 aliphatic heterocycles. The van der Waals surface area contributed by atoms with Gasteiger partial charge in [-0.1, -0.05) is 40.2 Å². The number of halogens is 4. The van der Waals surface area contributed by atoms with Gasteiger partial charge in [0.05, 0.1) is 5.56 Å². The highest BCUT2D eigenvalue weighted by molar-refractivity contribution is 9.10. The van der Waals surface area contributed by atoms with Crippen LogP contribution in [0.3, 0.4) is 0 Å². The summed E-state index contributed by atoms with van der Waals surface area (Å²) in [6, 6.07) is 13.8. The minimum atomic E-state index is -4.49. The predicted octanol–water partition coefficient (Wildman–Crippen LogP) is 6.09. The van der Waals surface area contributed by atoms with Gasteiger partial charge in [-0.15, -0.1) is 0 Å². The third kappa shape index (κ3) is 4.51. The first-order chi connectivity index (χ1) is 11.5. The van der Waals surface area contributed by atoms with Crippen molar-refractivity contribution in [2.24, 2.45) is 0 Å². The molecule has 0 heterocycles. The Morgan fingerprint density at radius 2 is 1.52 bits per heavy atom. The Hall–Kier alpha value is -1.62. The minimum absolute atomic E-state index is 0.176. The summed E-state index contributed by atoms with van der Waals surface area (Å²) in [6.45, 7) is 5.68. The summed E-state index contributed by atoms with van der Waals surface area (Å²) in [7, 11) is -2.27. The van der Waals surface area contributed by atoms with Gasteiger partial charge in [0.15, 0.2) is 13.9 Å². The first kappa shape index (κ1) is 19.7. The number of nitrogens with zero attached hydrogens (tertiary/aromatic N) is 1. The number of hydrogen-bond acceptors (Lipinski definition) is 2. The van der Waals surface area contributed by atoms with E-state index in [4.69, 9.17) is 4.43 Å². The van der Waals surface area contributed by atoms with Gasteiger partial charge in [-0.25, -0.2) is 0 Å². The summed E-state index contributed by atoms with van der Waals surface area (Å²) in [5, 5.41) is 9.96. The van der Waals surface area contributed by atoms with E-state index in [1.165, 1.54) is 12.1 Å². The van der Waals surface area contributed by atoms with Gasteiger partial charge < -0.3 is 4.43 Å². The normalized spacial score (nSPS) is 14.6. The molecule has 0 fully saturated rings. The van der Waals surface area contributed by atoms with Gasteiger partial charge in [0, 0.05) is 15.6 Å². The Balaban J connectivity index is 2.71. The highest BCUT2D eigenvalue weighted by atomic mass is 79.9. The summed E-state index contributed by atoms with van der Waals surface area (Å²) < 4.78 is 46.4. The van der Waals surface area contributed by atoms with E-state index in [9.17, 15) is 18.4 Å². The third-order valence-electron chi connectivity index (χ3n) is 3.46. The van der Waals surface area contributed by atoms with Crippen molar-refractivity contribution in [2.45, 2.75) is 31.4 Å². The summed E-state index contributed by atoms with van der Waals surface area (Å²) in [5.74, 6) is 0. The molecule has 1 unspecified atom stereocenters. The van der Waals surface area contributed by atoms with Crippen LogP contribution in [-0.2, 0) is 16.2 Å². The average Bonchev–Trinajstić information content (AvgIpc) is 2.52. The second kappa shape index (κ2) is 6.94.